The Kier molecular flexibility index (Phi) is 5.98. The number of Topliss-reactive ketones (excluding diaryl/α,β-unsaturated/α-hetero) is 2. The molecule has 0 unspecified atom stereocenters. The van der Waals surface area contributed by atoms with Gasteiger partial charge in [-0.15, -0.1) is 0 Å². The van der Waals surface area contributed by atoms with Crippen LogP contribution in [-0.2, 0) is 15.8 Å². The van der Waals surface area contributed by atoms with Crippen LogP contribution < -0.4 is 0 Å². The van der Waals surface area contributed by atoms with Crippen LogP contribution in [0.25, 0.3) is 5.57 Å². The van der Waals surface area contributed by atoms with Crippen molar-refractivity contribution in [2.45, 2.75) is 33.4 Å². The van der Waals surface area contributed by atoms with Gasteiger partial charge >= 0.3 is 6.18 Å². The number of carbonyl (C=O) groups excluding carboxylic acids is 2. The average Bonchev–Trinajstić information content (AvgIpc) is 2.42. The minimum atomic E-state index is -4.50. The molecule has 1 aromatic carbocycles. The van der Waals surface area contributed by atoms with Crippen molar-refractivity contribution >= 4 is 17.1 Å². The van der Waals surface area contributed by atoms with Gasteiger partial charge in [-0.3, -0.25) is 9.59 Å². The molecule has 0 saturated carbocycles. The molecule has 0 aliphatic rings. The zero-order valence-corrected chi connectivity index (χ0v) is 14.5. The first-order valence-electron chi connectivity index (χ1n) is 7.44. The maximum Gasteiger partial charge on any atom is 0.416 e. The van der Waals surface area contributed by atoms with Crippen LogP contribution in [0.2, 0.25) is 0 Å². The molecule has 0 fully saturated rings. The van der Waals surface area contributed by atoms with Crippen molar-refractivity contribution in [3.63, 3.8) is 0 Å². The molecule has 0 N–H and O–H groups in total. The van der Waals surface area contributed by atoms with Gasteiger partial charge in [0.1, 0.15) is 5.78 Å². The molecule has 0 spiro atoms. The summed E-state index contributed by atoms with van der Waals surface area (Å²) in [5, 5.41) is 0. The van der Waals surface area contributed by atoms with Gasteiger partial charge in [-0.2, -0.15) is 13.2 Å². The predicted molar refractivity (Wildman–Crippen MR) is 87.2 cm³/mol. The smallest absolute Gasteiger partial charge is 0.383 e. The third-order valence-electron chi connectivity index (χ3n) is 3.35. The Balaban J connectivity index is 3.25. The maximum atomic E-state index is 12.9. The topological polar surface area (TPSA) is 37.4 Å². The normalized spacial score (nSPS) is 12.9. The summed E-state index contributed by atoms with van der Waals surface area (Å²) in [7, 11) is 3.32. The van der Waals surface area contributed by atoms with E-state index >= 15 is 0 Å². The second-order valence-electron chi connectivity index (χ2n) is 6.86. The van der Waals surface area contributed by atoms with Crippen LogP contribution in [-0.4, -0.2) is 30.6 Å². The molecule has 1 aromatic rings. The van der Waals surface area contributed by atoms with Gasteiger partial charge in [0.15, 0.2) is 5.78 Å². The van der Waals surface area contributed by atoms with Crippen LogP contribution >= 0.6 is 0 Å². The van der Waals surface area contributed by atoms with Crippen molar-refractivity contribution in [2.75, 3.05) is 14.1 Å². The van der Waals surface area contributed by atoms with E-state index in [0.717, 1.165) is 12.1 Å². The highest BCUT2D eigenvalue weighted by atomic mass is 19.4. The second-order valence-corrected chi connectivity index (χ2v) is 6.86. The number of ketones is 2. The fourth-order valence-electron chi connectivity index (χ4n) is 1.93. The largest absolute Gasteiger partial charge is 0.416 e. The molecule has 0 aliphatic carbocycles. The highest BCUT2D eigenvalue weighted by Gasteiger charge is 2.31. The molecule has 0 amide bonds. The third-order valence-corrected chi connectivity index (χ3v) is 3.35. The molecule has 0 aromatic heterocycles. The number of alkyl halides is 3. The van der Waals surface area contributed by atoms with Crippen molar-refractivity contribution in [3.05, 3.63) is 41.6 Å². The highest BCUT2D eigenvalue weighted by molar-refractivity contribution is 6.26. The quantitative estimate of drug-likeness (QED) is 0.595. The van der Waals surface area contributed by atoms with E-state index in [4.69, 9.17) is 0 Å². The summed E-state index contributed by atoms with van der Waals surface area (Å²) >= 11 is 0. The van der Waals surface area contributed by atoms with Gasteiger partial charge < -0.3 is 4.90 Å². The lowest BCUT2D eigenvalue weighted by atomic mass is 9.86. The lowest BCUT2D eigenvalue weighted by molar-refractivity contribution is -0.137. The number of benzene rings is 1. The van der Waals surface area contributed by atoms with Crippen molar-refractivity contribution in [2.24, 2.45) is 5.41 Å². The minimum absolute atomic E-state index is 0.0868. The first-order valence-corrected chi connectivity index (χ1v) is 7.44. The van der Waals surface area contributed by atoms with Gasteiger partial charge in [0.2, 0.25) is 0 Å². The van der Waals surface area contributed by atoms with Crippen LogP contribution in [0.4, 0.5) is 13.2 Å². The van der Waals surface area contributed by atoms with Gasteiger partial charge in [0, 0.05) is 31.3 Å². The van der Waals surface area contributed by atoms with Crippen LogP contribution in [0.1, 0.15) is 38.3 Å². The lowest BCUT2D eigenvalue weighted by Crippen LogP contribution is -2.24. The van der Waals surface area contributed by atoms with E-state index in [0.29, 0.717) is 0 Å². The van der Waals surface area contributed by atoms with Crippen molar-refractivity contribution in [1.29, 1.82) is 0 Å². The summed E-state index contributed by atoms with van der Waals surface area (Å²) in [6, 6.07) is 4.56. The molecule has 0 bridgehead atoms. The summed E-state index contributed by atoms with van der Waals surface area (Å²) in [4.78, 5) is 26.1. The van der Waals surface area contributed by atoms with Crippen LogP contribution in [0.15, 0.2) is 30.5 Å². The molecule has 132 valence electrons. The van der Waals surface area contributed by atoms with E-state index in [9.17, 15) is 22.8 Å². The van der Waals surface area contributed by atoms with Crippen LogP contribution in [0.3, 0.4) is 0 Å². The van der Waals surface area contributed by atoms with E-state index in [1.165, 1.54) is 18.3 Å². The number of hydrogen-bond acceptors (Lipinski definition) is 3. The molecule has 0 atom stereocenters. The van der Waals surface area contributed by atoms with Gasteiger partial charge in [-0.05, 0) is 17.7 Å². The van der Waals surface area contributed by atoms with E-state index in [2.05, 4.69) is 0 Å². The molecule has 0 heterocycles. The number of hydrogen-bond donors (Lipinski definition) is 0. The maximum absolute atomic E-state index is 12.9. The molecule has 6 heteroatoms. The summed E-state index contributed by atoms with van der Waals surface area (Å²) in [5.74, 6) is -0.757. The molecule has 0 aliphatic heterocycles. The van der Waals surface area contributed by atoms with E-state index < -0.39 is 22.9 Å². The van der Waals surface area contributed by atoms with E-state index in [-0.39, 0.29) is 23.3 Å². The number of halogens is 3. The Hall–Kier alpha value is -2.11. The fraction of sp³-hybridized carbons (Fsp3) is 0.444. The monoisotopic (exact) mass is 341 g/mol. The summed E-state index contributed by atoms with van der Waals surface area (Å²) in [6.07, 6.45) is -3.41. The third kappa shape index (κ3) is 5.51. The lowest BCUT2D eigenvalue weighted by Gasteiger charge is -2.18. The zero-order valence-electron chi connectivity index (χ0n) is 14.5. The van der Waals surface area contributed by atoms with E-state index in [1.807, 2.05) is 0 Å². The van der Waals surface area contributed by atoms with E-state index in [1.54, 1.807) is 39.8 Å². The average molecular weight is 341 g/mol. The summed E-state index contributed by atoms with van der Waals surface area (Å²) in [6.45, 7) is 5.09. The summed E-state index contributed by atoms with van der Waals surface area (Å²) in [5.41, 5.74) is -1.29. The number of carbonyl (C=O) groups is 2. The minimum Gasteiger partial charge on any atom is -0.383 e. The standard InChI is InChI=1S/C18H22F3NO2/c1-17(2,3)16(24)10-15(23)14(11-22(4)5)12-7-6-8-13(9-12)18(19,20)21/h6-9,11H,10H2,1-5H3. The second kappa shape index (κ2) is 7.20. The molecule has 24 heavy (non-hydrogen) atoms. The predicted octanol–water partition coefficient (Wildman–Crippen LogP) is 4.18. The number of rotatable bonds is 5. The first kappa shape index (κ1) is 19.9. The van der Waals surface area contributed by atoms with Gasteiger partial charge in [0.25, 0.3) is 0 Å². The van der Waals surface area contributed by atoms with Gasteiger partial charge in [-0.1, -0.05) is 32.9 Å². The van der Waals surface area contributed by atoms with Gasteiger partial charge in [-0.25, -0.2) is 0 Å². The molecular formula is C18H22F3NO2. The Morgan fingerprint density at radius 1 is 1.12 bits per heavy atom. The fourth-order valence-corrected chi connectivity index (χ4v) is 1.93. The number of nitrogens with zero attached hydrogens (tertiary/aromatic N) is 1. The molecule has 0 saturated heterocycles. The molecule has 3 nitrogen and oxygen atoms in total. The Bertz CT molecular complexity index is 653. The highest BCUT2D eigenvalue weighted by Crippen LogP contribution is 2.31. The first-order chi connectivity index (χ1) is 10.8. The van der Waals surface area contributed by atoms with Crippen molar-refractivity contribution < 1.29 is 22.8 Å². The SMILES string of the molecule is CN(C)C=C(C(=O)CC(=O)C(C)(C)C)c1cccc(C(F)(F)F)c1. The number of allylic oxidation sites excluding steroid dienone is 1. The molecule has 1 rings (SSSR count). The van der Waals surface area contributed by atoms with Gasteiger partial charge in [0.05, 0.1) is 12.0 Å². The van der Waals surface area contributed by atoms with Crippen molar-refractivity contribution in [1.82, 2.24) is 4.90 Å². The molecular weight excluding hydrogens is 319 g/mol. The zero-order chi connectivity index (χ0) is 18.7. The Morgan fingerprint density at radius 2 is 1.71 bits per heavy atom. The Labute approximate surface area is 140 Å². The van der Waals surface area contributed by atoms with Crippen LogP contribution in [0.5, 0.6) is 0 Å². The molecule has 0 radical (unpaired) electrons. The summed E-state index contributed by atoms with van der Waals surface area (Å²) < 4.78 is 38.7. The Morgan fingerprint density at radius 3 is 2.17 bits per heavy atom. The van der Waals surface area contributed by atoms with Crippen molar-refractivity contribution in [3.8, 4) is 0 Å². The van der Waals surface area contributed by atoms with Crippen LogP contribution in [0, 0.1) is 5.41 Å².